The Labute approximate surface area is 229 Å². The van der Waals surface area contributed by atoms with E-state index < -0.39 is 5.56 Å². The van der Waals surface area contributed by atoms with Crippen LogP contribution in [0.5, 0.6) is 5.75 Å². The number of thioether (sulfide) groups is 1. The maximum atomic E-state index is 12.4. The monoisotopic (exact) mass is 572 g/mol. The summed E-state index contributed by atoms with van der Waals surface area (Å²) in [4.78, 5) is 31.7. The zero-order chi connectivity index (χ0) is 26.2. The highest BCUT2D eigenvalue weighted by molar-refractivity contribution is 7.99. The summed E-state index contributed by atoms with van der Waals surface area (Å²) in [5.74, 6) is 0.206. The molecule has 37 heavy (non-hydrogen) atoms. The number of aromatic nitrogens is 4. The molecule has 0 unspecified atom stereocenters. The lowest BCUT2D eigenvalue weighted by Gasteiger charge is -2.07. The van der Waals surface area contributed by atoms with Crippen LogP contribution in [0.4, 0.5) is 5.13 Å². The van der Waals surface area contributed by atoms with E-state index in [-0.39, 0.29) is 28.1 Å². The minimum Gasteiger partial charge on any atom is -0.492 e. The van der Waals surface area contributed by atoms with Crippen molar-refractivity contribution in [3.8, 4) is 23.1 Å². The summed E-state index contributed by atoms with van der Waals surface area (Å²) in [7, 11) is 0. The van der Waals surface area contributed by atoms with E-state index in [9.17, 15) is 14.9 Å². The molecule has 1 amide bonds. The molecule has 2 N–H and O–H groups in total. The summed E-state index contributed by atoms with van der Waals surface area (Å²) in [6.45, 7) is 0.431. The molecule has 0 radical (unpaired) electrons. The fraction of sp³-hybridized carbons (Fsp3) is 0.167. The molecule has 13 heteroatoms. The van der Waals surface area contributed by atoms with Gasteiger partial charge in [-0.3, -0.25) is 14.9 Å². The Morgan fingerprint density at radius 1 is 1.19 bits per heavy atom. The number of carbonyl (C=O) groups is 1. The molecule has 0 saturated carbocycles. The van der Waals surface area contributed by atoms with E-state index in [1.807, 2.05) is 12.1 Å². The lowest BCUT2D eigenvalue weighted by molar-refractivity contribution is -0.113. The third-order valence-electron chi connectivity index (χ3n) is 4.80. The van der Waals surface area contributed by atoms with Crippen molar-refractivity contribution in [1.29, 1.82) is 5.26 Å². The Kier molecular flexibility index (Phi) is 9.14. The van der Waals surface area contributed by atoms with Crippen molar-refractivity contribution < 1.29 is 9.53 Å². The maximum absolute atomic E-state index is 12.4. The number of ether oxygens (including phenoxy) is 1. The molecule has 0 aliphatic rings. The van der Waals surface area contributed by atoms with Crippen LogP contribution < -0.4 is 15.6 Å². The van der Waals surface area contributed by atoms with Crippen LogP contribution in [0.15, 0.2) is 58.5 Å². The normalized spacial score (nSPS) is 10.6. The molecule has 0 atom stereocenters. The van der Waals surface area contributed by atoms with Gasteiger partial charge in [0.25, 0.3) is 5.56 Å². The van der Waals surface area contributed by atoms with E-state index in [4.69, 9.17) is 27.9 Å². The van der Waals surface area contributed by atoms with Crippen molar-refractivity contribution in [2.24, 2.45) is 0 Å². The first-order chi connectivity index (χ1) is 17.9. The molecule has 4 aromatic rings. The number of nitrogens with one attached hydrogen (secondary N) is 2. The Balaban J connectivity index is 1.28. The van der Waals surface area contributed by atoms with Crippen LogP contribution in [-0.4, -0.2) is 38.4 Å². The number of aromatic amines is 1. The number of aryl methyl sites for hydroxylation is 1. The standard InChI is InChI=1S/C24H18Cl2N6O3S2/c25-15-8-9-18(17(26)11-15)35-10-4-7-20-31-32-24(37-20)28-19(33)13-36-23-29-21(14-5-2-1-3-6-14)16(12-27)22(34)30-23/h1-3,5-6,8-9,11H,4,7,10,13H2,(H,28,32,33)(H,29,30,34). The zero-order valence-electron chi connectivity index (χ0n) is 19.0. The molecule has 0 spiro atoms. The maximum Gasteiger partial charge on any atom is 0.270 e. The Morgan fingerprint density at radius 3 is 2.76 bits per heavy atom. The smallest absolute Gasteiger partial charge is 0.270 e. The van der Waals surface area contributed by atoms with Crippen molar-refractivity contribution in [3.63, 3.8) is 0 Å². The number of H-pyrrole nitrogens is 1. The average molecular weight is 573 g/mol. The van der Waals surface area contributed by atoms with Crippen LogP contribution in [-0.2, 0) is 11.2 Å². The zero-order valence-corrected chi connectivity index (χ0v) is 22.2. The quantitative estimate of drug-likeness (QED) is 0.150. The van der Waals surface area contributed by atoms with E-state index in [1.54, 1.807) is 42.5 Å². The van der Waals surface area contributed by atoms with Crippen LogP contribution in [0.3, 0.4) is 0 Å². The number of carbonyl (C=O) groups excluding carboxylic acids is 1. The molecule has 4 rings (SSSR count). The van der Waals surface area contributed by atoms with E-state index in [0.29, 0.717) is 45.9 Å². The van der Waals surface area contributed by atoms with Gasteiger partial charge in [-0.25, -0.2) is 4.98 Å². The lowest BCUT2D eigenvalue weighted by Crippen LogP contribution is -2.17. The molecule has 0 saturated heterocycles. The number of anilines is 1. The number of benzene rings is 2. The highest BCUT2D eigenvalue weighted by Crippen LogP contribution is 2.28. The van der Waals surface area contributed by atoms with Crippen LogP contribution in [0.1, 0.15) is 17.0 Å². The number of amides is 1. The van der Waals surface area contributed by atoms with E-state index in [2.05, 4.69) is 25.5 Å². The van der Waals surface area contributed by atoms with Crippen molar-refractivity contribution in [3.05, 3.63) is 79.5 Å². The van der Waals surface area contributed by atoms with E-state index in [0.717, 1.165) is 16.8 Å². The van der Waals surface area contributed by atoms with Gasteiger partial charge in [-0.1, -0.05) is 76.6 Å². The molecule has 0 aliphatic heterocycles. The first-order valence-electron chi connectivity index (χ1n) is 10.9. The van der Waals surface area contributed by atoms with Crippen LogP contribution in [0.2, 0.25) is 10.0 Å². The third-order valence-corrected chi connectivity index (χ3v) is 7.10. The third kappa shape index (κ3) is 7.30. The van der Waals surface area contributed by atoms with Gasteiger partial charge in [-0.15, -0.1) is 10.2 Å². The number of hydrogen-bond acceptors (Lipinski definition) is 9. The molecule has 0 bridgehead atoms. The fourth-order valence-electron chi connectivity index (χ4n) is 3.12. The second-order valence-electron chi connectivity index (χ2n) is 7.44. The predicted molar refractivity (Wildman–Crippen MR) is 145 cm³/mol. The highest BCUT2D eigenvalue weighted by Gasteiger charge is 2.15. The van der Waals surface area contributed by atoms with E-state index in [1.165, 1.54) is 11.3 Å². The first-order valence-corrected chi connectivity index (χ1v) is 13.4. The van der Waals surface area contributed by atoms with Gasteiger partial charge in [0.15, 0.2) is 5.16 Å². The summed E-state index contributed by atoms with van der Waals surface area (Å²) in [6, 6.07) is 15.9. The minimum atomic E-state index is -0.560. The van der Waals surface area contributed by atoms with Gasteiger partial charge in [0.2, 0.25) is 11.0 Å². The summed E-state index contributed by atoms with van der Waals surface area (Å²) >= 11 is 14.3. The van der Waals surface area contributed by atoms with Gasteiger partial charge in [-0.2, -0.15) is 5.26 Å². The van der Waals surface area contributed by atoms with Gasteiger partial charge < -0.3 is 9.72 Å². The SMILES string of the molecule is N#Cc1c(-c2ccccc2)nc(SCC(=O)Nc2nnc(CCCOc3ccc(Cl)cc3Cl)s2)[nH]c1=O. The summed E-state index contributed by atoms with van der Waals surface area (Å²) < 4.78 is 5.66. The molecule has 9 nitrogen and oxygen atoms in total. The largest absolute Gasteiger partial charge is 0.492 e. The van der Waals surface area contributed by atoms with Gasteiger partial charge in [0, 0.05) is 17.0 Å². The van der Waals surface area contributed by atoms with Gasteiger partial charge in [-0.05, 0) is 24.6 Å². The minimum absolute atomic E-state index is 0.0202. The summed E-state index contributed by atoms with van der Waals surface area (Å²) in [6.07, 6.45) is 1.30. The molecular weight excluding hydrogens is 555 g/mol. The number of halogens is 2. The second kappa shape index (κ2) is 12.7. The number of hydrogen-bond donors (Lipinski definition) is 2. The molecule has 0 fully saturated rings. The number of rotatable bonds is 10. The predicted octanol–water partition coefficient (Wildman–Crippen LogP) is 5.21. The fourth-order valence-corrected chi connectivity index (χ4v) is 5.04. The Bertz CT molecular complexity index is 1500. The molecule has 2 heterocycles. The van der Waals surface area contributed by atoms with Gasteiger partial charge >= 0.3 is 0 Å². The van der Waals surface area contributed by atoms with Crippen LogP contribution in [0.25, 0.3) is 11.3 Å². The summed E-state index contributed by atoms with van der Waals surface area (Å²) in [5.41, 5.74) is 0.267. The second-order valence-corrected chi connectivity index (χ2v) is 10.3. The average Bonchev–Trinajstić information content (AvgIpc) is 3.33. The first kappa shape index (κ1) is 26.6. The Morgan fingerprint density at radius 2 is 2.00 bits per heavy atom. The van der Waals surface area contributed by atoms with Crippen LogP contribution >= 0.6 is 46.3 Å². The molecule has 0 aliphatic carbocycles. The molecule has 2 aromatic carbocycles. The highest BCUT2D eigenvalue weighted by atomic mass is 35.5. The van der Waals surface area contributed by atoms with Crippen LogP contribution in [0, 0.1) is 11.3 Å². The van der Waals surface area contributed by atoms with Crippen molar-refractivity contribution >= 4 is 57.3 Å². The van der Waals surface area contributed by atoms with Gasteiger partial charge in [0.1, 0.15) is 22.4 Å². The van der Waals surface area contributed by atoms with Crippen molar-refractivity contribution in [1.82, 2.24) is 20.2 Å². The lowest BCUT2D eigenvalue weighted by atomic mass is 10.1. The van der Waals surface area contributed by atoms with Gasteiger partial charge in [0.05, 0.1) is 23.1 Å². The summed E-state index contributed by atoms with van der Waals surface area (Å²) in [5, 5.41) is 22.5. The number of nitrogens with zero attached hydrogens (tertiary/aromatic N) is 4. The topological polar surface area (TPSA) is 134 Å². The molecule has 188 valence electrons. The Hall–Kier alpha value is -3.43. The van der Waals surface area contributed by atoms with E-state index >= 15 is 0 Å². The van der Waals surface area contributed by atoms with Crippen molar-refractivity contribution in [2.75, 3.05) is 17.7 Å². The molecular formula is C24H18Cl2N6O3S2. The van der Waals surface area contributed by atoms with Crippen molar-refractivity contribution in [2.45, 2.75) is 18.0 Å². The number of nitriles is 1. The molecule has 2 aromatic heterocycles.